The molecule has 0 aromatic rings. The van der Waals surface area contributed by atoms with Crippen LogP contribution >= 0.6 is 0 Å². The zero-order valence-corrected chi connectivity index (χ0v) is 22.2. The second kappa shape index (κ2) is 21.2. The van der Waals surface area contributed by atoms with Gasteiger partial charge in [0.15, 0.2) is 0 Å². The molecule has 2 unspecified atom stereocenters. The van der Waals surface area contributed by atoms with E-state index in [1.807, 2.05) is 69.2 Å². The Bertz CT molecular complexity index is 250. The van der Waals surface area contributed by atoms with Crippen LogP contribution in [-0.2, 0) is 21.7 Å². The van der Waals surface area contributed by atoms with E-state index < -0.39 is 0 Å². The minimum atomic E-state index is -0.389. The predicted molar refractivity (Wildman–Crippen MR) is 118 cm³/mol. The van der Waals surface area contributed by atoms with Gasteiger partial charge in [0.05, 0.1) is 0 Å². The first-order valence-electron chi connectivity index (χ1n) is 9.36. The van der Waals surface area contributed by atoms with Crippen LogP contribution in [0.1, 0.15) is 69.2 Å². The Kier molecular flexibility index (Phi) is 29.9. The molecule has 4 N–H and O–H groups in total. The summed E-state index contributed by atoms with van der Waals surface area (Å²) in [4.78, 5) is 0. The van der Waals surface area contributed by atoms with Gasteiger partial charge in [-0.05, 0) is 53.4 Å². The first kappa shape index (κ1) is 38.1. The molecular weight excluding hydrogens is 376 g/mol. The molecule has 164 valence electrons. The van der Waals surface area contributed by atoms with Gasteiger partial charge in [-0.25, -0.2) is 0 Å². The van der Waals surface area contributed by atoms with Crippen molar-refractivity contribution in [1.29, 1.82) is 0 Å². The van der Waals surface area contributed by atoms with E-state index >= 15 is 0 Å². The summed E-state index contributed by atoms with van der Waals surface area (Å²) in [7, 11) is 7.00. The third kappa shape index (κ3) is 46.5. The first-order chi connectivity index (χ1) is 11.5. The Morgan fingerprint density at radius 3 is 0.778 bits per heavy atom. The molecule has 6 nitrogen and oxygen atoms in total. The summed E-state index contributed by atoms with van der Waals surface area (Å²) < 4.78 is 0. The summed E-state index contributed by atoms with van der Waals surface area (Å²) in [6.07, 6.45) is -0.778. The summed E-state index contributed by atoms with van der Waals surface area (Å²) in [6, 6.07) is 0. The second-order valence-corrected chi connectivity index (χ2v) is 9.06. The maximum absolute atomic E-state index is 9.35. The van der Waals surface area contributed by atoms with E-state index in [2.05, 4.69) is 21.3 Å². The maximum atomic E-state index is 9.35. The Morgan fingerprint density at radius 2 is 0.741 bits per heavy atom. The van der Waals surface area contributed by atoms with Crippen molar-refractivity contribution in [2.75, 3.05) is 28.2 Å². The third-order valence-corrected chi connectivity index (χ3v) is 2.42. The number of hydrogen-bond acceptors (Lipinski definition) is 4. The Labute approximate surface area is 185 Å². The van der Waals surface area contributed by atoms with Crippen LogP contribution in [0.15, 0.2) is 0 Å². The Balaban J connectivity index is -0.0000000899. The molecule has 0 aliphatic rings. The smallest absolute Gasteiger partial charge is 0.668 e. The van der Waals surface area contributed by atoms with Gasteiger partial charge in [-0.1, -0.05) is 27.7 Å². The van der Waals surface area contributed by atoms with Crippen LogP contribution in [0.25, 0.3) is 10.6 Å². The van der Waals surface area contributed by atoms with E-state index in [-0.39, 0.29) is 57.1 Å². The number of nitrogens with one attached hydrogen (secondary N) is 2. The predicted octanol–water partition coefficient (Wildman–Crippen LogP) is 3.93. The van der Waals surface area contributed by atoms with E-state index in [9.17, 15) is 10.2 Å². The molecule has 0 saturated heterocycles. The van der Waals surface area contributed by atoms with Crippen molar-refractivity contribution in [2.24, 2.45) is 11.8 Å². The van der Waals surface area contributed by atoms with Crippen LogP contribution in [0, 0.1) is 11.8 Å². The van der Waals surface area contributed by atoms with Crippen LogP contribution in [-0.4, -0.2) is 61.9 Å². The average Bonchev–Trinajstić information content (AvgIpc) is 2.37. The molecule has 0 aliphatic heterocycles. The van der Waals surface area contributed by atoms with Crippen molar-refractivity contribution < 1.29 is 31.9 Å². The molecule has 2 atom stereocenters. The SMILES string of the molecule is CC(C)C(O)NC(C)(C)C.CC(C)C(O)NC(C)(C)C.C[N-]C.C[N-]C.[Ti+4]. The number of rotatable bonds is 4. The van der Waals surface area contributed by atoms with E-state index in [4.69, 9.17) is 0 Å². The van der Waals surface area contributed by atoms with Crippen LogP contribution in [0.4, 0.5) is 0 Å². The van der Waals surface area contributed by atoms with Gasteiger partial charge in [0, 0.05) is 11.1 Å². The molecular formula is C20H50N4O2Ti+2. The molecule has 0 fully saturated rings. The van der Waals surface area contributed by atoms with Crippen molar-refractivity contribution in [2.45, 2.75) is 92.8 Å². The quantitative estimate of drug-likeness (QED) is 0.405. The fraction of sp³-hybridized carbons (Fsp3) is 1.00. The standard InChI is InChI=1S/2C8H19NO.2C2H6N.Ti/c2*1-6(2)7(10)9-8(3,4)5;2*1-3-2;/h2*6-7,9-10H,1-5H3;2*1-2H3;/q;;2*-1;+4. The van der Waals surface area contributed by atoms with E-state index in [1.54, 1.807) is 28.2 Å². The van der Waals surface area contributed by atoms with E-state index in [1.165, 1.54) is 0 Å². The molecule has 7 heteroatoms. The molecule has 0 saturated carbocycles. The molecule has 0 bridgehead atoms. The molecule has 0 heterocycles. The molecule has 0 aromatic carbocycles. The van der Waals surface area contributed by atoms with Gasteiger partial charge >= 0.3 is 21.7 Å². The van der Waals surface area contributed by atoms with Gasteiger partial charge in [0.2, 0.25) is 0 Å². The van der Waals surface area contributed by atoms with Crippen molar-refractivity contribution in [1.82, 2.24) is 10.6 Å². The van der Waals surface area contributed by atoms with Crippen molar-refractivity contribution in [3.8, 4) is 0 Å². The maximum Gasteiger partial charge on any atom is 4.00 e. The topological polar surface area (TPSA) is 92.7 Å². The van der Waals surface area contributed by atoms with Gasteiger partial charge in [-0.2, -0.15) is 28.2 Å². The molecule has 0 radical (unpaired) electrons. The van der Waals surface area contributed by atoms with Crippen LogP contribution in [0.5, 0.6) is 0 Å². The van der Waals surface area contributed by atoms with Gasteiger partial charge in [0.1, 0.15) is 12.5 Å². The van der Waals surface area contributed by atoms with Crippen LogP contribution < -0.4 is 10.6 Å². The molecule has 0 aromatic heterocycles. The fourth-order valence-electron chi connectivity index (χ4n) is 1.22. The zero-order chi connectivity index (χ0) is 22.1. The summed E-state index contributed by atoms with van der Waals surface area (Å²) in [5.74, 6) is 0.554. The van der Waals surface area contributed by atoms with E-state index in [0.717, 1.165) is 0 Å². The van der Waals surface area contributed by atoms with Crippen molar-refractivity contribution >= 4 is 0 Å². The second-order valence-electron chi connectivity index (χ2n) is 9.06. The summed E-state index contributed by atoms with van der Waals surface area (Å²) in [5, 5.41) is 31.9. The first-order valence-corrected chi connectivity index (χ1v) is 9.36. The van der Waals surface area contributed by atoms with Crippen molar-refractivity contribution in [3.63, 3.8) is 0 Å². The zero-order valence-electron chi connectivity index (χ0n) is 20.6. The number of hydrogen-bond donors (Lipinski definition) is 4. The summed E-state index contributed by atoms with van der Waals surface area (Å²) in [6.45, 7) is 20.2. The number of aliphatic hydroxyl groups is 2. The minimum Gasteiger partial charge on any atom is -0.668 e. The molecule has 0 rings (SSSR count). The largest absolute Gasteiger partial charge is 4.00 e. The molecule has 0 aliphatic carbocycles. The Hall–Kier alpha value is 0.474. The van der Waals surface area contributed by atoms with Crippen LogP contribution in [0.2, 0.25) is 0 Å². The molecule has 0 amide bonds. The van der Waals surface area contributed by atoms with E-state index in [0.29, 0.717) is 0 Å². The van der Waals surface area contributed by atoms with Gasteiger partial charge in [0.25, 0.3) is 0 Å². The third-order valence-electron chi connectivity index (χ3n) is 2.42. The van der Waals surface area contributed by atoms with Gasteiger partial charge in [-0.3, -0.25) is 10.6 Å². The normalized spacial score (nSPS) is 13.1. The Morgan fingerprint density at radius 1 is 0.593 bits per heavy atom. The average molecular weight is 427 g/mol. The van der Waals surface area contributed by atoms with Gasteiger partial charge in [-0.15, -0.1) is 0 Å². The van der Waals surface area contributed by atoms with Crippen molar-refractivity contribution in [3.05, 3.63) is 10.6 Å². The number of aliphatic hydroxyl groups excluding tert-OH is 2. The number of nitrogens with zero attached hydrogens (tertiary/aromatic N) is 2. The molecule has 0 spiro atoms. The summed E-state index contributed by atoms with van der Waals surface area (Å²) >= 11 is 0. The monoisotopic (exact) mass is 426 g/mol. The fourth-order valence-corrected chi connectivity index (χ4v) is 1.22. The minimum absolute atomic E-state index is 0. The van der Waals surface area contributed by atoms with Gasteiger partial charge < -0.3 is 20.8 Å². The summed E-state index contributed by atoms with van der Waals surface area (Å²) in [5.41, 5.74) is 0.00731. The molecule has 27 heavy (non-hydrogen) atoms. The van der Waals surface area contributed by atoms with Crippen LogP contribution in [0.3, 0.4) is 0 Å².